The van der Waals surface area contributed by atoms with Gasteiger partial charge in [0.05, 0.1) is 5.60 Å². The maximum absolute atomic E-state index is 11.4. The summed E-state index contributed by atoms with van der Waals surface area (Å²) in [7, 11) is 0. The van der Waals surface area contributed by atoms with E-state index in [-0.39, 0.29) is 5.92 Å². The summed E-state index contributed by atoms with van der Waals surface area (Å²) in [4.78, 5) is 2.51. The summed E-state index contributed by atoms with van der Waals surface area (Å²) in [6, 6.07) is 20.6. The average molecular weight is 309 g/mol. The summed E-state index contributed by atoms with van der Waals surface area (Å²) in [5.74, 6) is 0.0733. The fraction of sp³-hybridized carbons (Fsp3) is 0.429. The second kappa shape index (κ2) is 7.29. The van der Waals surface area contributed by atoms with Crippen molar-refractivity contribution in [3.8, 4) is 0 Å². The summed E-state index contributed by atoms with van der Waals surface area (Å²) in [6.45, 7) is 5.16. The van der Waals surface area contributed by atoms with Gasteiger partial charge in [-0.1, -0.05) is 67.1 Å². The highest BCUT2D eigenvalue weighted by Gasteiger charge is 2.36. The van der Waals surface area contributed by atoms with Crippen LogP contribution in [0.4, 0.5) is 0 Å². The summed E-state index contributed by atoms with van der Waals surface area (Å²) in [5.41, 5.74) is 1.33. The smallest absolute Gasteiger partial charge is 0.0949 e. The monoisotopic (exact) mass is 309 g/mol. The molecule has 122 valence electrons. The lowest BCUT2D eigenvalue weighted by Gasteiger charge is -2.38. The van der Waals surface area contributed by atoms with Gasteiger partial charge in [0, 0.05) is 12.5 Å². The molecule has 2 aromatic rings. The highest BCUT2D eigenvalue weighted by Crippen LogP contribution is 2.37. The number of likely N-dealkylation sites (tertiary alicyclic amines) is 1. The van der Waals surface area contributed by atoms with Crippen LogP contribution < -0.4 is 0 Å². The van der Waals surface area contributed by atoms with Gasteiger partial charge in [-0.25, -0.2) is 0 Å². The number of benzene rings is 2. The topological polar surface area (TPSA) is 23.5 Å². The molecule has 0 saturated carbocycles. The van der Waals surface area contributed by atoms with Gasteiger partial charge < -0.3 is 10.0 Å². The largest absolute Gasteiger partial charge is 0.385 e. The van der Waals surface area contributed by atoms with Gasteiger partial charge >= 0.3 is 0 Å². The van der Waals surface area contributed by atoms with E-state index in [0.717, 1.165) is 25.2 Å². The first-order valence-electron chi connectivity index (χ1n) is 8.73. The second-order valence-corrected chi connectivity index (χ2v) is 6.84. The van der Waals surface area contributed by atoms with Gasteiger partial charge in [-0.2, -0.15) is 0 Å². The Morgan fingerprint density at radius 2 is 1.48 bits per heavy atom. The molecule has 1 aliphatic rings. The molecule has 2 aromatic carbocycles. The van der Waals surface area contributed by atoms with Crippen molar-refractivity contribution in [3.05, 3.63) is 71.8 Å². The number of aliphatic hydroxyl groups is 1. The number of nitrogens with zero attached hydrogens (tertiary/aromatic N) is 1. The first-order valence-corrected chi connectivity index (χ1v) is 8.73. The molecule has 1 fully saturated rings. The summed E-state index contributed by atoms with van der Waals surface area (Å²) in [5, 5.41) is 11.4. The molecule has 0 amide bonds. The van der Waals surface area contributed by atoms with Gasteiger partial charge in [-0.15, -0.1) is 0 Å². The van der Waals surface area contributed by atoms with Gasteiger partial charge in [0.15, 0.2) is 0 Å². The highest BCUT2D eigenvalue weighted by molar-refractivity contribution is 5.31. The Balaban J connectivity index is 1.91. The number of hydrogen-bond acceptors (Lipinski definition) is 2. The summed E-state index contributed by atoms with van der Waals surface area (Å²) >= 11 is 0. The van der Waals surface area contributed by atoms with E-state index in [0.29, 0.717) is 0 Å². The van der Waals surface area contributed by atoms with Gasteiger partial charge in [-0.05, 0) is 44.0 Å². The lowest BCUT2D eigenvalue weighted by atomic mass is 9.78. The molecular weight excluding hydrogens is 282 g/mol. The Kier molecular flexibility index (Phi) is 5.14. The molecule has 2 atom stereocenters. The molecule has 0 aliphatic carbocycles. The fourth-order valence-corrected chi connectivity index (χ4v) is 3.67. The van der Waals surface area contributed by atoms with E-state index < -0.39 is 5.60 Å². The average Bonchev–Trinajstić information content (AvgIpc) is 2.62. The number of piperidine rings is 1. The number of rotatable bonds is 5. The third-order valence-electron chi connectivity index (χ3n) is 5.13. The van der Waals surface area contributed by atoms with Crippen LogP contribution in [0.15, 0.2) is 60.7 Å². The Morgan fingerprint density at radius 3 is 2.09 bits per heavy atom. The standard InChI is InChI=1S/C21H27NO/c1-21(23,19-13-7-3-8-14-19)20(18-11-5-2-6-12-18)17-22-15-9-4-10-16-22/h2-3,5-8,11-14,20,23H,4,9-10,15-17H2,1H3/t20-,21-/m1/s1. The minimum Gasteiger partial charge on any atom is -0.385 e. The van der Waals surface area contributed by atoms with Crippen molar-refractivity contribution >= 4 is 0 Å². The third kappa shape index (κ3) is 3.82. The minimum atomic E-state index is -0.875. The van der Waals surface area contributed by atoms with Crippen LogP contribution in [-0.2, 0) is 5.60 Å². The molecule has 2 nitrogen and oxygen atoms in total. The molecule has 1 heterocycles. The van der Waals surface area contributed by atoms with Crippen LogP contribution in [0.5, 0.6) is 0 Å². The van der Waals surface area contributed by atoms with E-state index in [2.05, 4.69) is 29.2 Å². The Labute approximate surface area is 139 Å². The summed E-state index contributed by atoms with van der Waals surface area (Å²) in [6.07, 6.45) is 3.88. The predicted molar refractivity (Wildman–Crippen MR) is 95.5 cm³/mol. The molecule has 1 saturated heterocycles. The Hall–Kier alpha value is -1.64. The van der Waals surface area contributed by atoms with Crippen LogP contribution in [0.25, 0.3) is 0 Å². The fourth-order valence-electron chi connectivity index (χ4n) is 3.67. The SMILES string of the molecule is C[C@@](O)(c1ccccc1)[C@H](CN1CCCCC1)c1ccccc1. The van der Waals surface area contributed by atoms with Crippen molar-refractivity contribution in [2.45, 2.75) is 37.7 Å². The van der Waals surface area contributed by atoms with E-state index in [1.165, 1.54) is 24.8 Å². The molecule has 0 radical (unpaired) electrons. The van der Waals surface area contributed by atoms with Crippen molar-refractivity contribution < 1.29 is 5.11 Å². The molecule has 2 heteroatoms. The van der Waals surface area contributed by atoms with Crippen LogP contribution in [0.2, 0.25) is 0 Å². The zero-order valence-corrected chi connectivity index (χ0v) is 14.0. The highest BCUT2D eigenvalue weighted by atomic mass is 16.3. The van der Waals surface area contributed by atoms with E-state index in [1.807, 2.05) is 43.3 Å². The minimum absolute atomic E-state index is 0.0733. The second-order valence-electron chi connectivity index (χ2n) is 6.84. The van der Waals surface area contributed by atoms with E-state index >= 15 is 0 Å². The van der Waals surface area contributed by atoms with Crippen LogP contribution in [0, 0.1) is 0 Å². The Bertz CT molecular complexity index is 588. The van der Waals surface area contributed by atoms with E-state index in [9.17, 15) is 5.11 Å². The lowest BCUT2D eigenvalue weighted by molar-refractivity contribution is 0.0107. The molecule has 1 aliphatic heterocycles. The zero-order chi connectivity index (χ0) is 16.1. The number of hydrogen-bond donors (Lipinski definition) is 1. The molecule has 1 N–H and O–H groups in total. The van der Waals surface area contributed by atoms with Crippen molar-refractivity contribution in [2.75, 3.05) is 19.6 Å². The van der Waals surface area contributed by atoms with Crippen molar-refractivity contribution in [1.29, 1.82) is 0 Å². The molecule has 0 aromatic heterocycles. The molecule has 3 rings (SSSR count). The van der Waals surface area contributed by atoms with Crippen LogP contribution in [-0.4, -0.2) is 29.6 Å². The maximum Gasteiger partial charge on any atom is 0.0949 e. The van der Waals surface area contributed by atoms with Gasteiger partial charge in [0.25, 0.3) is 0 Å². The van der Waals surface area contributed by atoms with Gasteiger partial charge in [0.1, 0.15) is 0 Å². The van der Waals surface area contributed by atoms with E-state index in [1.54, 1.807) is 0 Å². The molecule has 0 unspecified atom stereocenters. The van der Waals surface area contributed by atoms with E-state index in [4.69, 9.17) is 0 Å². The van der Waals surface area contributed by atoms with Crippen molar-refractivity contribution in [1.82, 2.24) is 4.90 Å². The third-order valence-corrected chi connectivity index (χ3v) is 5.13. The lowest BCUT2D eigenvalue weighted by Crippen LogP contribution is -2.41. The maximum atomic E-state index is 11.4. The molecule has 0 bridgehead atoms. The van der Waals surface area contributed by atoms with Crippen molar-refractivity contribution in [3.63, 3.8) is 0 Å². The van der Waals surface area contributed by atoms with Crippen LogP contribution >= 0.6 is 0 Å². The zero-order valence-electron chi connectivity index (χ0n) is 14.0. The predicted octanol–water partition coefficient (Wildman–Crippen LogP) is 4.16. The Morgan fingerprint density at radius 1 is 0.913 bits per heavy atom. The summed E-state index contributed by atoms with van der Waals surface area (Å²) < 4.78 is 0. The van der Waals surface area contributed by atoms with Gasteiger partial charge in [-0.3, -0.25) is 0 Å². The quantitative estimate of drug-likeness (QED) is 0.896. The molecule has 23 heavy (non-hydrogen) atoms. The van der Waals surface area contributed by atoms with Crippen LogP contribution in [0.3, 0.4) is 0 Å². The van der Waals surface area contributed by atoms with Crippen LogP contribution in [0.1, 0.15) is 43.2 Å². The first-order chi connectivity index (χ1) is 11.2. The first kappa shape index (κ1) is 16.2. The van der Waals surface area contributed by atoms with Gasteiger partial charge in [0.2, 0.25) is 0 Å². The molecule has 0 spiro atoms. The normalized spacial score (nSPS) is 19.9. The van der Waals surface area contributed by atoms with Crippen molar-refractivity contribution in [2.24, 2.45) is 0 Å². The molecular formula is C21H27NO.